The van der Waals surface area contributed by atoms with Crippen molar-refractivity contribution >= 4 is 39.9 Å². The van der Waals surface area contributed by atoms with Crippen LogP contribution in [-0.2, 0) is 17.8 Å². The third-order valence-electron chi connectivity index (χ3n) is 5.18. The van der Waals surface area contributed by atoms with Gasteiger partial charge in [-0.3, -0.25) is 14.9 Å². The van der Waals surface area contributed by atoms with Gasteiger partial charge in [0.2, 0.25) is 5.91 Å². The topological polar surface area (TPSA) is 71.1 Å². The maximum atomic E-state index is 12.8. The molecule has 1 aromatic heterocycles. The number of anilines is 1. The molecule has 2 aromatic carbocycles. The Labute approximate surface area is 184 Å². The van der Waals surface area contributed by atoms with Crippen LogP contribution in [0.15, 0.2) is 48.5 Å². The molecule has 5 nitrogen and oxygen atoms in total. The molecule has 1 atom stereocenters. The molecule has 3 aromatic rings. The first-order chi connectivity index (χ1) is 14.5. The Morgan fingerprint density at radius 3 is 2.60 bits per heavy atom. The highest BCUT2D eigenvalue weighted by Gasteiger charge is 2.30. The summed E-state index contributed by atoms with van der Waals surface area (Å²) in [6.45, 7) is 2.43. The first-order valence-corrected chi connectivity index (χ1v) is 11.1. The second kappa shape index (κ2) is 8.98. The zero-order chi connectivity index (χ0) is 21.1. The molecule has 0 aliphatic heterocycles. The summed E-state index contributed by atoms with van der Waals surface area (Å²) in [5.74, 6) is -0.514. The van der Waals surface area contributed by atoms with Crippen molar-refractivity contribution in [3.05, 3.63) is 80.8 Å². The largest absolute Gasteiger partial charge is 0.351 e. The quantitative estimate of drug-likeness (QED) is 0.581. The fraction of sp³-hybridized carbons (Fsp3) is 0.261. The Morgan fingerprint density at radius 2 is 1.87 bits per heavy atom. The maximum Gasteiger partial charge on any atom is 0.257 e. The van der Waals surface area contributed by atoms with Gasteiger partial charge in [-0.25, -0.2) is 4.98 Å². The molecule has 4 rings (SSSR count). The number of carbonyl (C=O) groups is 2. The predicted octanol–water partition coefficient (Wildman–Crippen LogP) is 5.09. The number of fused-ring (bicyclic) bond motifs is 1. The number of aryl methyl sites for hydroxylation is 2. The van der Waals surface area contributed by atoms with Crippen LogP contribution in [0.5, 0.6) is 0 Å². The van der Waals surface area contributed by atoms with E-state index in [1.54, 1.807) is 12.1 Å². The molecule has 1 aliphatic carbocycles. The van der Waals surface area contributed by atoms with Crippen LogP contribution in [0, 0.1) is 6.92 Å². The summed E-state index contributed by atoms with van der Waals surface area (Å²) in [5, 5.41) is 7.10. The van der Waals surface area contributed by atoms with Crippen LogP contribution in [0.4, 0.5) is 5.13 Å². The molecular formula is C23H22ClN3O2S. The summed E-state index contributed by atoms with van der Waals surface area (Å²) in [7, 11) is 0. The van der Waals surface area contributed by atoms with Crippen LogP contribution in [0.25, 0.3) is 0 Å². The van der Waals surface area contributed by atoms with E-state index in [-0.39, 0.29) is 17.7 Å². The monoisotopic (exact) mass is 439 g/mol. The van der Waals surface area contributed by atoms with Crippen molar-refractivity contribution in [2.45, 2.75) is 38.6 Å². The molecule has 0 bridgehead atoms. The Balaban J connectivity index is 1.44. The highest BCUT2D eigenvalue weighted by atomic mass is 35.5. The molecule has 1 heterocycles. The molecule has 2 N–H and O–H groups in total. The number of amides is 2. The number of hydrogen-bond donors (Lipinski definition) is 2. The minimum absolute atomic E-state index is 0.0346. The van der Waals surface area contributed by atoms with Crippen molar-refractivity contribution in [1.82, 2.24) is 10.3 Å². The molecule has 0 fully saturated rings. The van der Waals surface area contributed by atoms with E-state index in [1.807, 2.05) is 43.3 Å². The minimum Gasteiger partial charge on any atom is -0.351 e. The van der Waals surface area contributed by atoms with Gasteiger partial charge in [0.05, 0.1) is 11.6 Å². The fourth-order valence-electron chi connectivity index (χ4n) is 3.52. The molecule has 2 amide bonds. The van der Waals surface area contributed by atoms with Crippen LogP contribution in [0.3, 0.4) is 0 Å². The van der Waals surface area contributed by atoms with Gasteiger partial charge in [-0.15, -0.1) is 11.3 Å². The lowest BCUT2D eigenvalue weighted by atomic mass is 9.90. The molecule has 30 heavy (non-hydrogen) atoms. The Hall–Kier alpha value is -2.70. The zero-order valence-corrected chi connectivity index (χ0v) is 18.1. The van der Waals surface area contributed by atoms with E-state index < -0.39 is 0 Å². The Morgan fingerprint density at radius 1 is 1.13 bits per heavy atom. The van der Waals surface area contributed by atoms with Gasteiger partial charge >= 0.3 is 0 Å². The van der Waals surface area contributed by atoms with E-state index in [0.717, 1.165) is 41.0 Å². The summed E-state index contributed by atoms with van der Waals surface area (Å²) in [6.07, 6.45) is 2.57. The van der Waals surface area contributed by atoms with Crippen molar-refractivity contribution in [2.24, 2.45) is 0 Å². The smallest absolute Gasteiger partial charge is 0.257 e. The van der Waals surface area contributed by atoms with Crippen molar-refractivity contribution in [3.63, 3.8) is 0 Å². The van der Waals surface area contributed by atoms with Gasteiger partial charge in [-0.1, -0.05) is 41.4 Å². The number of benzene rings is 2. The maximum absolute atomic E-state index is 12.8. The molecular weight excluding hydrogens is 418 g/mol. The van der Waals surface area contributed by atoms with E-state index in [2.05, 4.69) is 15.6 Å². The average molecular weight is 440 g/mol. The van der Waals surface area contributed by atoms with Crippen molar-refractivity contribution in [2.75, 3.05) is 5.32 Å². The summed E-state index contributed by atoms with van der Waals surface area (Å²) in [4.78, 5) is 31.0. The van der Waals surface area contributed by atoms with Gasteiger partial charge in [0.25, 0.3) is 5.91 Å². The van der Waals surface area contributed by atoms with Crippen LogP contribution in [0.2, 0.25) is 5.02 Å². The van der Waals surface area contributed by atoms with Crippen molar-refractivity contribution in [1.29, 1.82) is 0 Å². The molecule has 154 valence electrons. The van der Waals surface area contributed by atoms with E-state index in [9.17, 15) is 9.59 Å². The lowest BCUT2D eigenvalue weighted by molar-refractivity contribution is -0.123. The highest BCUT2D eigenvalue weighted by molar-refractivity contribution is 7.16. The lowest BCUT2D eigenvalue weighted by Crippen LogP contribution is -2.31. The molecule has 1 aliphatic rings. The normalized spacial score (nSPS) is 15.3. The fourth-order valence-corrected chi connectivity index (χ4v) is 4.70. The number of nitrogens with one attached hydrogen (secondary N) is 2. The summed E-state index contributed by atoms with van der Waals surface area (Å²) in [5.41, 5.74) is 3.47. The standard InChI is InChI=1S/C23H22ClN3O2S/c1-14-5-9-16(10-6-14)21(28)27-23-26-20-18(3-2-4-19(20)30-23)22(29)25-13-15-7-11-17(24)12-8-15/h5-12,18H,2-4,13H2,1H3,(H,25,29)(H,26,27,28). The third kappa shape index (κ3) is 4.71. The van der Waals surface area contributed by atoms with Gasteiger partial charge in [-0.05, 0) is 56.0 Å². The van der Waals surface area contributed by atoms with E-state index in [1.165, 1.54) is 11.3 Å². The van der Waals surface area contributed by atoms with Crippen LogP contribution in [0.1, 0.15) is 50.8 Å². The summed E-state index contributed by atoms with van der Waals surface area (Å²) < 4.78 is 0. The van der Waals surface area contributed by atoms with E-state index in [4.69, 9.17) is 11.6 Å². The zero-order valence-electron chi connectivity index (χ0n) is 16.6. The number of halogens is 1. The van der Waals surface area contributed by atoms with Gasteiger partial charge < -0.3 is 5.32 Å². The molecule has 0 saturated carbocycles. The Kier molecular flexibility index (Phi) is 6.16. The van der Waals surface area contributed by atoms with Gasteiger partial charge in [0.1, 0.15) is 0 Å². The molecule has 0 saturated heterocycles. The highest BCUT2D eigenvalue weighted by Crippen LogP contribution is 2.37. The number of aromatic nitrogens is 1. The average Bonchev–Trinajstić information content (AvgIpc) is 3.16. The number of hydrogen-bond acceptors (Lipinski definition) is 4. The van der Waals surface area contributed by atoms with Gasteiger partial charge in [-0.2, -0.15) is 0 Å². The number of nitrogens with zero attached hydrogens (tertiary/aromatic N) is 1. The molecule has 0 radical (unpaired) electrons. The first-order valence-electron chi connectivity index (χ1n) is 9.89. The van der Waals surface area contributed by atoms with Gasteiger partial charge in [0.15, 0.2) is 5.13 Å². The summed E-state index contributed by atoms with van der Waals surface area (Å²) in [6, 6.07) is 14.8. The predicted molar refractivity (Wildman–Crippen MR) is 120 cm³/mol. The molecule has 1 unspecified atom stereocenters. The van der Waals surface area contributed by atoms with Crippen LogP contribution in [-0.4, -0.2) is 16.8 Å². The minimum atomic E-state index is -0.290. The second-order valence-electron chi connectivity index (χ2n) is 7.44. The number of rotatable bonds is 5. The third-order valence-corrected chi connectivity index (χ3v) is 6.48. The Bertz CT molecular complexity index is 1060. The lowest BCUT2D eigenvalue weighted by Gasteiger charge is -2.20. The van der Waals surface area contributed by atoms with Crippen LogP contribution < -0.4 is 10.6 Å². The number of thiazole rings is 1. The molecule has 0 spiro atoms. The molecule has 7 heteroatoms. The van der Waals surface area contributed by atoms with E-state index >= 15 is 0 Å². The second-order valence-corrected chi connectivity index (χ2v) is 8.96. The van der Waals surface area contributed by atoms with Crippen LogP contribution >= 0.6 is 22.9 Å². The summed E-state index contributed by atoms with van der Waals surface area (Å²) >= 11 is 7.37. The van der Waals surface area contributed by atoms with Gasteiger partial charge in [0, 0.05) is 22.0 Å². The number of carbonyl (C=O) groups excluding carboxylic acids is 2. The van der Waals surface area contributed by atoms with E-state index in [0.29, 0.717) is 22.3 Å². The van der Waals surface area contributed by atoms with Crippen molar-refractivity contribution < 1.29 is 9.59 Å². The first kappa shape index (κ1) is 20.6. The SMILES string of the molecule is Cc1ccc(C(=O)Nc2nc3c(s2)CCCC3C(=O)NCc2ccc(Cl)cc2)cc1. The van der Waals surface area contributed by atoms with Crippen molar-refractivity contribution in [3.8, 4) is 0 Å².